The van der Waals surface area contributed by atoms with E-state index in [0.29, 0.717) is 55.1 Å². The highest BCUT2D eigenvalue weighted by Gasteiger charge is 2.50. The second kappa shape index (κ2) is 13.3. The molecule has 37 heavy (non-hydrogen) atoms. The smallest absolute Gasteiger partial charge is 0.237 e. The number of alkyl halides is 1. The van der Waals surface area contributed by atoms with Crippen molar-refractivity contribution in [2.24, 2.45) is 16.3 Å². The average Bonchev–Trinajstić information content (AvgIpc) is 3.70. The first-order valence-electron chi connectivity index (χ1n) is 12.5. The van der Waals surface area contributed by atoms with Crippen molar-refractivity contribution >= 4 is 30.0 Å². The van der Waals surface area contributed by atoms with Crippen molar-refractivity contribution in [3.05, 3.63) is 48.0 Å². The molecule has 1 atom stereocenters. The third kappa shape index (κ3) is 8.13. The molecule has 1 saturated heterocycles. The van der Waals surface area contributed by atoms with Gasteiger partial charge in [-0.05, 0) is 43.4 Å². The van der Waals surface area contributed by atoms with E-state index in [1.807, 2.05) is 13.8 Å². The zero-order valence-corrected chi connectivity index (χ0v) is 21.8. The Balaban J connectivity index is 1.68. The van der Waals surface area contributed by atoms with E-state index in [4.69, 9.17) is 9.47 Å². The van der Waals surface area contributed by atoms with Gasteiger partial charge in [-0.3, -0.25) is 9.78 Å². The van der Waals surface area contributed by atoms with Crippen LogP contribution in [0.4, 0.5) is 16.0 Å². The number of ether oxygens (including phenoxy) is 2. The summed E-state index contributed by atoms with van der Waals surface area (Å²) in [6, 6.07) is 0. The van der Waals surface area contributed by atoms with E-state index < -0.39 is 11.6 Å². The number of hydrogen-bond acceptors (Lipinski definition) is 8. The Labute approximate surface area is 217 Å². The van der Waals surface area contributed by atoms with Gasteiger partial charge < -0.3 is 24.5 Å². The quantitative estimate of drug-likeness (QED) is 0.186. The van der Waals surface area contributed by atoms with Gasteiger partial charge in [0.2, 0.25) is 5.91 Å². The molecule has 1 amide bonds. The molecule has 1 aliphatic heterocycles. The number of carbonyl (C=O) groups is 2. The SMILES string of the molecule is C=C/C(=C\C=C(\COCc1ncc(N2CCOCC2)nc1/N=C\C(C)C)C(C)F)NC(=O)C1(C=O)CC1. The van der Waals surface area contributed by atoms with Gasteiger partial charge in [0.05, 0.1) is 32.6 Å². The molecule has 2 fully saturated rings. The fourth-order valence-corrected chi connectivity index (χ4v) is 3.47. The topological polar surface area (TPSA) is 106 Å². The van der Waals surface area contributed by atoms with E-state index in [-0.39, 0.29) is 25.0 Å². The molecule has 0 radical (unpaired) electrons. The summed E-state index contributed by atoms with van der Waals surface area (Å²) < 4.78 is 25.5. The number of aromatic nitrogens is 2. The van der Waals surface area contributed by atoms with Gasteiger partial charge in [0.25, 0.3) is 0 Å². The molecule has 1 saturated carbocycles. The van der Waals surface area contributed by atoms with Gasteiger partial charge in [0.15, 0.2) is 5.82 Å². The van der Waals surface area contributed by atoms with Crippen molar-refractivity contribution in [1.82, 2.24) is 15.3 Å². The molecule has 10 heteroatoms. The molecule has 1 aliphatic carbocycles. The molecule has 1 aromatic heterocycles. The van der Waals surface area contributed by atoms with Gasteiger partial charge in [-0.25, -0.2) is 14.4 Å². The summed E-state index contributed by atoms with van der Waals surface area (Å²) in [7, 11) is 0. The van der Waals surface area contributed by atoms with Crippen LogP contribution in [0.1, 0.15) is 39.3 Å². The second-order valence-corrected chi connectivity index (χ2v) is 9.52. The summed E-state index contributed by atoms with van der Waals surface area (Å²) in [5.41, 5.74) is 0.360. The van der Waals surface area contributed by atoms with Crippen molar-refractivity contribution in [2.45, 2.75) is 46.4 Å². The summed E-state index contributed by atoms with van der Waals surface area (Å²) in [5.74, 6) is 1.06. The molecular weight excluding hydrogens is 477 g/mol. The second-order valence-electron chi connectivity index (χ2n) is 9.52. The van der Waals surface area contributed by atoms with Crippen molar-refractivity contribution in [2.75, 3.05) is 37.8 Å². The van der Waals surface area contributed by atoms with E-state index in [2.05, 4.69) is 31.8 Å². The minimum atomic E-state index is -1.28. The van der Waals surface area contributed by atoms with E-state index in [0.717, 1.165) is 18.9 Å². The van der Waals surface area contributed by atoms with Crippen molar-refractivity contribution in [1.29, 1.82) is 0 Å². The molecule has 1 N–H and O–H groups in total. The number of morpholine rings is 1. The maximum Gasteiger partial charge on any atom is 0.237 e. The van der Waals surface area contributed by atoms with E-state index in [1.54, 1.807) is 24.6 Å². The highest BCUT2D eigenvalue weighted by molar-refractivity contribution is 6.00. The van der Waals surface area contributed by atoms with Crippen LogP contribution in [0.3, 0.4) is 0 Å². The molecule has 0 spiro atoms. The predicted octanol–water partition coefficient (Wildman–Crippen LogP) is 3.64. The van der Waals surface area contributed by atoms with Crippen LogP contribution in [-0.4, -0.2) is 67.5 Å². The van der Waals surface area contributed by atoms with Gasteiger partial charge in [-0.2, -0.15) is 0 Å². The first-order chi connectivity index (χ1) is 17.8. The lowest BCUT2D eigenvalue weighted by Crippen LogP contribution is -2.36. The van der Waals surface area contributed by atoms with Crippen molar-refractivity contribution in [3.63, 3.8) is 0 Å². The minimum Gasteiger partial charge on any atom is -0.378 e. The van der Waals surface area contributed by atoms with Crippen LogP contribution in [0.15, 0.2) is 47.3 Å². The largest absolute Gasteiger partial charge is 0.378 e. The zero-order chi connectivity index (χ0) is 26.8. The number of allylic oxidation sites excluding steroid dienone is 3. The van der Waals surface area contributed by atoms with Gasteiger partial charge in [0.1, 0.15) is 29.4 Å². The minimum absolute atomic E-state index is 0.00500. The van der Waals surface area contributed by atoms with Crippen LogP contribution in [0.25, 0.3) is 0 Å². The van der Waals surface area contributed by atoms with Crippen molar-refractivity contribution < 1.29 is 23.5 Å². The number of nitrogens with zero attached hydrogens (tertiary/aromatic N) is 4. The number of aliphatic imine (C=N–C) groups is 1. The summed E-state index contributed by atoms with van der Waals surface area (Å²) in [4.78, 5) is 39.3. The van der Waals surface area contributed by atoms with Gasteiger partial charge in [-0.1, -0.05) is 26.5 Å². The Morgan fingerprint density at radius 3 is 2.65 bits per heavy atom. The zero-order valence-electron chi connectivity index (χ0n) is 21.8. The summed E-state index contributed by atoms with van der Waals surface area (Å²) in [6.45, 7) is 12.0. The van der Waals surface area contributed by atoms with Crippen LogP contribution >= 0.6 is 0 Å². The Morgan fingerprint density at radius 1 is 1.32 bits per heavy atom. The highest BCUT2D eigenvalue weighted by atomic mass is 19.1. The number of carbonyl (C=O) groups excluding carboxylic acids is 2. The monoisotopic (exact) mass is 513 g/mol. The predicted molar refractivity (Wildman–Crippen MR) is 141 cm³/mol. The molecule has 200 valence electrons. The normalized spacial score (nSPS) is 18.7. The Morgan fingerprint density at radius 2 is 2.05 bits per heavy atom. The lowest BCUT2D eigenvalue weighted by Gasteiger charge is -2.27. The number of hydrogen-bond donors (Lipinski definition) is 1. The molecule has 2 heterocycles. The summed E-state index contributed by atoms with van der Waals surface area (Å²) in [5, 5.41) is 2.68. The fourth-order valence-electron chi connectivity index (χ4n) is 3.47. The van der Waals surface area contributed by atoms with E-state index >= 15 is 0 Å². The van der Waals surface area contributed by atoms with Crippen LogP contribution in [0, 0.1) is 11.3 Å². The molecule has 9 nitrogen and oxygen atoms in total. The standard InChI is InChI=1S/C27H36FN5O4/c1-5-22(31-26(35)27(18-34)8-9-27)7-6-21(20(4)28)16-37-17-23-25(30-14-19(2)3)32-24(15-29-23)33-10-12-36-13-11-33/h5-7,14-15,18-20H,1,8-13,16-17H2,2-4H3,(H,31,35)/b21-6-,22-7+,30-14-. The van der Waals surface area contributed by atoms with Crippen LogP contribution in [0.5, 0.6) is 0 Å². The fraction of sp³-hybridized carbons (Fsp3) is 0.519. The lowest BCUT2D eigenvalue weighted by atomic mass is 10.1. The molecular formula is C27H36FN5O4. The van der Waals surface area contributed by atoms with E-state index in [1.165, 1.54) is 13.0 Å². The molecule has 2 aliphatic rings. The van der Waals surface area contributed by atoms with E-state index in [9.17, 15) is 14.0 Å². The number of aldehydes is 1. The highest BCUT2D eigenvalue weighted by Crippen LogP contribution is 2.43. The number of halogens is 1. The van der Waals surface area contributed by atoms with Crippen LogP contribution in [0.2, 0.25) is 0 Å². The van der Waals surface area contributed by atoms with Crippen molar-refractivity contribution in [3.8, 4) is 0 Å². The molecule has 0 aromatic carbocycles. The van der Waals surface area contributed by atoms with Crippen LogP contribution < -0.4 is 10.2 Å². The molecule has 1 aromatic rings. The number of amides is 1. The number of anilines is 1. The maximum atomic E-state index is 14.3. The summed E-state index contributed by atoms with van der Waals surface area (Å²) in [6.07, 6.45) is 8.50. The summed E-state index contributed by atoms with van der Waals surface area (Å²) >= 11 is 0. The molecule has 0 bridgehead atoms. The van der Waals surface area contributed by atoms with Gasteiger partial charge in [0, 0.05) is 25.0 Å². The molecule has 3 rings (SSSR count). The third-order valence-corrected chi connectivity index (χ3v) is 6.08. The Kier molecular flexibility index (Phi) is 10.2. The third-order valence-electron chi connectivity index (χ3n) is 6.08. The number of nitrogens with one attached hydrogen (secondary N) is 1. The first-order valence-corrected chi connectivity index (χ1v) is 12.5. The Bertz CT molecular complexity index is 1060. The Hall–Kier alpha value is -3.24. The van der Waals surface area contributed by atoms with Gasteiger partial charge >= 0.3 is 0 Å². The average molecular weight is 514 g/mol. The maximum absolute atomic E-state index is 14.3. The molecule has 1 unspecified atom stereocenters. The first kappa shape index (κ1) is 28.3. The van der Waals surface area contributed by atoms with Crippen LogP contribution in [-0.2, 0) is 25.7 Å². The van der Waals surface area contributed by atoms with Gasteiger partial charge in [-0.15, -0.1) is 0 Å². The number of rotatable bonds is 13. The lowest BCUT2D eigenvalue weighted by molar-refractivity contribution is -0.130.